The van der Waals surface area contributed by atoms with E-state index in [2.05, 4.69) is 42.0 Å². The lowest BCUT2D eigenvalue weighted by atomic mass is 10.1. The van der Waals surface area contributed by atoms with Crippen molar-refractivity contribution in [1.29, 1.82) is 0 Å². The van der Waals surface area contributed by atoms with Gasteiger partial charge in [0.1, 0.15) is 5.69 Å². The number of aliphatic hydroxyl groups is 2. The van der Waals surface area contributed by atoms with Crippen molar-refractivity contribution < 1.29 is 33.0 Å². The number of carbonyl (C=O) groups is 2. The number of aliphatic hydroxyl groups excluding tert-OH is 2. The van der Waals surface area contributed by atoms with Crippen molar-refractivity contribution in [3.8, 4) is 11.3 Å². The number of hydrogen-bond donors (Lipinski definition) is 6. The highest BCUT2D eigenvalue weighted by atomic mass is 19.4. The zero-order valence-corrected chi connectivity index (χ0v) is 34.9. The van der Waals surface area contributed by atoms with Gasteiger partial charge in [0.2, 0.25) is 0 Å². The van der Waals surface area contributed by atoms with E-state index in [-0.39, 0.29) is 36.9 Å². The molecule has 0 radical (unpaired) electrons. The fourth-order valence-electron chi connectivity index (χ4n) is 6.39. The van der Waals surface area contributed by atoms with Crippen LogP contribution in [0.25, 0.3) is 11.3 Å². The molecule has 2 amide bonds. The Kier molecular flexibility index (Phi) is 19.3. The maximum Gasteiger partial charge on any atom is 0.416 e. The van der Waals surface area contributed by atoms with Gasteiger partial charge in [-0.15, -0.1) is 0 Å². The number of rotatable bonds is 16. The molecule has 0 spiro atoms. The van der Waals surface area contributed by atoms with Crippen molar-refractivity contribution in [1.82, 2.24) is 35.2 Å². The minimum Gasteiger partial charge on any atom is -0.395 e. The van der Waals surface area contributed by atoms with Crippen LogP contribution in [0.5, 0.6) is 0 Å². The number of nitrogens with zero attached hydrogens (tertiary/aromatic N) is 6. The summed E-state index contributed by atoms with van der Waals surface area (Å²) in [4.78, 5) is 38.8. The standard InChI is InChI=1S/C29H28F3N5O.C10H24N2O2.C5H5N3O/c1-21-24(20-35-14-16-36(17-15-35)26-9-5-8-25(19-26)29(30,31)32)18-27(22-6-3-2-4-7-22)37(21)34-28(38)23-10-12-33-13-11-23;1-3-9(7-13)11-5-6-12-10(4-2)8-14;6-5(9)4-3-7-1-2-8-4/h2-13,18-19H,14-17,20H2,1H3,(H,34,38);9-14H,3-8H2,1-2H3;1-3H,(H2,6,9)/t;9-,10-;/m.0./s1. The average molecular weight is 847 g/mol. The SMILES string of the molecule is CC[C@@H](CO)NCCN[C@@H](CC)CO.Cc1c(CN2CCN(c3cccc(C(F)(F)F)c3)CC2)cc(-c2ccccc2)n1NC(=O)c1ccncc1.NC(=O)c1cnccn1. The highest BCUT2D eigenvalue weighted by Gasteiger charge is 2.31. The molecule has 0 unspecified atom stereocenters. The number of nitrogens with two attached hydrogens (primary N) is 1. The fourth-order valence-corrected chi connectivity index (χ4v) is 6.39. The molecular formula is C44H57F3N10O4. The third-order valence-electron chi connectivity index (χ3n) is 10.1. The summed E-state index contributed by atoms with van der Waals surface area (Å²) in [6.45, 7) is 11.5. The highest BCUT2D eigenvalue weighted by molar-refractivity contribution is 6.00. The lowest BCUT2D eigenvalue weighted by Gasteiger charge is -2.36. The van der Waals surface area contributed by atoms with Crippen LogP contribution in [0.3, 0.4) is 0 Å². The van der Waals surface area contributed by atoms with Crippen molar-refractivity contribution in [2.75, 3.05) is 62.8 Å². The monoisotopic (exact) mass is 846 g/mol. The maximum absolute atomic E-state index is 13.2. The number of amides is 2. The summed E-state index contributed by atoms with van der Waals surface area (Å²) in [5.41, 5.74) is 12.4. The van der Waals surface area contributed by atoms with E-state index in [0.29, 0.717) is 44.0 Å². The molecule has 3 aromatic heterocycles. The van der Waals surface area contributed by atoms with Gasteiger partial charge in [0, 0.05) is 105 Å². The van der Waals surface area contributed by atoms with Crippen LogP contribution in [0.15, 0.2) is 104 Å². The van der Waals surface area contributed by atoms with E-state index in [1.165, 1.54) is 30.7 Å². The predicted octanol–water partition coefficient (Wildman–Crippen LogP) is 4.87. The number of pyridine rings is 1. The van der Waals surface area contributed by atoms with Gasteiger partial charge >= 0.3 is 6.18 Å². The van der Waals surface area contributed by atoms with Crippen LogP contribution in [0.4, 0.5) is 18.9 Å². The Morgan fingerprint density at radius 1 is 0.820 bits per heavy atom. The van der Waals surface area contributed by atoms with Gasteiger partial charge in [-0.3, -0.25) is 34.6 Å². The molecule has 2 atom stereocenters. The number of halogens is 3. The van der Waals surface area contributed by atoms with Crippen LogP contribution in [0.2, 0.25) is 0 Å². The summed E-state index contributed by atoms with van der Waals surface area (Å²) in [5, 5.41) is 24.3. The number of alkyl halides is 3. The van der Waals surface area contributed by atoms with Crippen LogP contribution >= 0.6 is 0 Å². The van der Waals surface area contributed by atoms with Gasteiger partial charge in [-0.2, -0.15) is 13.2 Å². The first-order valence-electron chi connectivity index (χ1n) is 20.2. The first-order chi connectivity index (χ1) is 29.4. The largest absolute Gasteiger partial charge is 0.416 e. The maximum atomic E-state index is 13.2. The van der Waals surface area contributed by atoms with Gasteiger partial charge in [-0.05, 0) is 61.7 Å². The molecule has 328 valence electrons. The van der Waals surface area contributed by atoms with Crippen molar-refractivity contribution >= 4 is 17.5 Å². The molecule has 0 aliphatic carbocycles. The molecule has 0 bridgehead atoms. The van der Waals surface area contributed by atoms with Gasteiger partial charge < -0.3 is 31.5 Å². The summed E-state index contributed by atoms with van der Waals surface area (Å²) in [7, 11) is 0. The molecule has 1 saturated heterocycles. The van der Waals surface area contributed by atoms with Gasteiger partial charge in [0.15, 0.2) is 0 Å². The minimum absolute atomic E-state index is 0.188. The lowest BCUT2D eigenvalue weighted by Crippen LogP contribution is -2.46. The molecule has 1 aliphatic rings. The molecule has 7 N–H and O–H groups in total. The average Bonchev–Trinajstić information content (AvgIpc) is 3.59. The van der Waals surface area contributed by atoms with Crippen LogP contribution < -0.4 is 26.7 Å². The van der Waals surface area contributed by atoms with Gasteiger partial charge in [-0.1, -0.05) is 50.2 Å². The number of benzene rings is 2. The van der Waals surface area contributed by atoms with Crippen molar-refractivity contribution in [3.05, 3.63) is 132 Å². The van der Waals surface area contributed by atoms with E-state index in [1.807, 2.05) is 60.7 Å². The first kappa shape index (κ1) is 48.0. The van der Waals surface area contributed by atoms with Gasteiger partial charge in [0.25, 0.3) is 11.8 Å². The third kappa shape index (κ3) is 15.1. The fraction of sp³-hybridized carbons (Fsp3) is 0.386. The number of anilines is 1. The molecule has 1 fully saturated rings. The number of aromatic nitrogens is 4. The number of nitrogens with one attached hydrogen (secondary N) is 3. The van der Waals surface area contributed by atoms with E-state index < -0.39 is 17.6 Å². The topological polar surface area (TPSA) is 187 Å². The lowest BCUT2D eigenvalue weighted by molar-refractivity contribution is -0.137. The van der Waals surface area contributed by atoms with Crippen LogP contribution in [-0.2, 0) is 12.7 Å². The van der Waals surface area contributed by atoms with E-state index >= 15 is 0 Å². The summed E-state index contributed by atoms with van der Waals surface area (Å²) in [6.07, 6.45) is 4.90. The van der Waals surface area contributed by atoms with Crippen LogP contribution in [-0.4, -0.2) is 111 Å². The summed E-state index contributed by atoms with van der Waals surface area (Å²) in [5.74, 6) is -0.785. The van der Waals surface area contributed by atoms with E-state index in [9.17, 15) is 22.8 Å². The Morgan fingerprint density at radius 3 is 1.98 bits per heavy atom. The zero-order chi connectivity index (χ0) is 44.2. The normalized spacial score (nSPS) is 13.9. The molecule has 5 aromatic rings. The van der Waals surface area contributed by atoms with E-state index in [1.54, 1.807) is 30.6 Å². The zero-order valence-electron chi connectivity index (χ0n) is 34.9. The number of hydrogen-bond acceptors (Lipinski definition) is 11. The van der Waals surface area contributed by atoms with Gasteiger partial charge in [0.05, 0.1) is 30.7 Å². The van der Waals surface area contributed by atoms with Crippen LogP contribution in [0, 0.1) is 6.92 Å². The smallest absolute Gasteiger partial charge is 0.395 e. The molecular weight excluding hydrogens is 790 g/mol. The molecule has 4 heterocycles. The molecule has 17 heteroatoms. The Morgan fingerprint density at radius 2 is 1.46 bits per heavy atom. The molecule has 1 aliphatic heterocycles. The Bertz CT molecular complexity index is 2030. The summed E-state index contributed by atoms with van der Waals surface area (Å²) in [6, 6.07) is 21.2. The molecule has 61 heavy (non-hydrogen) atoms. The van der Waals surface area contributed by atoms with E-state index in [0.717, 1.165) is 54.5 Å². The molecule has 6 rings (SSSR count). The highest BCUT2D eigenvalue weighted by Crippen LogP contribution is 2.32. The molecule has 2 aromatic carbocycles. The van der Waals surface area contributed by atoms with Crippen molar-refractivity contribution in [3.63, 3.8) is 0 Å². The second-order valence-corrected chi connectivity index (χ2v) is 14.3. The van der Waals surface area contributed by atoms with Crippen molar-refractivity contribution in [2.24, 2.45) is 5.73 Å². The first-order valence-corrected chi connectivity index (χ1v) is 20.2. The summed E-state index contributed by atoms with van der Waals surface area (Å²) < 4.78 is 41.3. The second kappa shape index (κ2) is 24.5. The number of primary amides is 1. The third-order valence-corrected chi connectivity index (χ3v) is 10.1. The minimum atomic E-state index is -4.36. The quantitative estimate of drug-likeness (QED) is 0.0745. The Balaban J connectivity index is 0.000000291. The molecule has 0 saturated carbocycles. The number of piperazine rings is 1. The summed E-state index contributed by atoms with van der Waals surface area (Å²) >= 11 is 0. The Hall–Kier alpha value is -5.72. The van der Waals surface area contributed by atoms with E-state index in [4.69, 9.17) is 15.9 Å². The number of carbonyl (C=O) groups excluding carboxylic acids is 2. The van der Waals surface area contributed by atoms with Crippen molar-refractivity contribution in [2.45, 2.75) is 58.4 Å². The molecule has 14 nitrogen and oxygen atoms in total. The second-order valence-electron chi connectivity index (χ2n) is 14.3. The Labute approximate surface area is 355 Å². The predicted molar refractivity (Wildman–Crippen MR) is 230 cm³/mol. The van der Waals surface area contributed by atoms with Gasteiger partial charge in [-0.25, -0.2) is 4.98 Å². The van der Waals surface area contributed by atoms with Crippen LogP contribution in [0.1, 0.15) is 64.4 Å².